The van der Waals surface area contributed by atoms with Crippen molar-refractivity contribution in [1.29, 1.82) is 0 Å². The highest BCUT2D eigenvalue weighted by Gasteiger charge is 2.11. The standard InChI is InChI=1S/C19H19N3O4/c1-24-16-9-7-14(8-10-16)11-12-20-17(23)13-25-19-22-21-18(26-19)15-5-3-2-4-6-15/h2-10H,11-13H2,1H3,(H,20,23). The molecule has 1 amide bonds. The highest BCUT2D eigenvalue weighted by molar-refractivity contribution is 5.77. The van der Waals surface area contributed by atoms with Crippen molar-refractivity contribution >= 4 is 5.91 Å². The summed E-state index contributed by atoms with van der Waals surface area (Å²) in [6, 6.07) is 17.0. The first-order chi connectivity index (χ1) is 12.7. The number of benzene rings is 2. The Kier molecular flexibility index (Phi) is 5.82. The van der Waals surface area contributed by atoms with Gasteiger partial charge in [-0.2, -0.15) is 0 Å². The molecule has 7 nitrogen and oxygen atoms in total. The number of carbonyl (C=O) groups excluding carboxylic acids is 1. The number of ether oxygens (including phenoxy) is 2. The highest BCUT2D eigenvalue weighted by atomic mass is 16.6. The predicted octanol–water partition coefficient (Wildman–Crippen LogP) is 2.48. The van der Waals surface area contributed by atoms with Crippen molar-refractivity contribution in [3.8, 4) is 23.3 Å². The Balaban J connectivity index is 1.40. The number of hydrogen-bond acceptors (Lipinski definition) is 6. The van der Waals surface area contributed by atoms with Crippen LogP contribution >= 0.6 is 0 Å². The van der Waals surface area contributed by atoms with Gasteiger partial charge in [0.1, 0.15) is 5.75 Å². The number of nitrogens with zero attached hydrogens (tertiary/aromatic N) is 2. The summed E-state index contributed by atoms with van der Waals surface area (Å²) < 4.78 is 15.7. The van der Waals surface area contributed by atoms with Gasteiger partial charge < -0.3 is 19.2 Å². The van der Waals surface area contributed by atoms with Crippen LogP contribution in [0.5, 0.6) is 11.8 Å². The van der Waals surface area contributed by atoms with E-state index in [-0.39, 0.29) is 18.6 Å². The van der Waals surface area contributed by atoms with E-state index in [0.29, 0.717) is 18.9 Å². The van der Waals surface area contributed by atoms with Gasteiger partial charge in [0.05, 0.1) is 7.11 Å². The minimum absolute atomic E-state index is 0.0332. The van der Waals surface area contributed by atoms with Gasteiger partial charge in [-0.15, -0.1) is 5.10 Å². The Morgan fingerprint density at radius 2 is 1.85 bits per heavy atom. The molecular formula is C19H19N3O4. The molecule has 0 bridgehead atoms. The lowest BCUT2D eigenvalue weighted by Gasteiger charge is -2.06. The van der Waals surface area contributed by atoms with E-state index >= 15 is 0 Å². The van der Waals surface area contributed by atoms with Crippen molar-refractivity contribution in [3.63, 3.8) is 0 Å². The summed E-state index contributed by atoms with van der Waals surface area (Å²) in [5.41, 5.74) is 1.90. The zero-order chi connectivity index (χ0) is 18.2. The molecule has 3 aromatic rings. The van der Waals surface area contributed by atoms with Gasteiger partial charge >= 0.3 is 6.08 Å². The van der Waals surface area contributed by atoms with Crippen LogP contribution in [0, 0.1) is 0 Å². The second-order valence-corrected chi connectivity index (χ2v) is 5.48. The van der Waals surface area contributed by atoms with Crippen molar-refractivity contribution in [1.82, 2.24) is 15.5 Å². The third kappa shape index (κ3) is 4.83. The molecule has 0 radical (unpaired) electrons. The molecule has 1 aromatic heterocycles. The number of methoxy groups -OCH3 is 1. The van der Waals surface area contributed by atoms with Crippen molar-refractivity contribution < 1.29 is 18.7 Å². The van der Waals surface area contributed by atoms with Gasteiger partial charge in [0.15, 0.2) is 6.61 Å². The lowest BCUT2D eigenvalue weighted by Crippen LogP contribution is -2.30. The van der Waals surface area contributed by atoms with Crippen molar-refractivity contribution in [3.05, 3.63) is 60.2 Å². The second kappa shape index (κ2) is 8.66. The van der Waals surface area contributed by atoms with Crippen LogP contribution in [-0.4, -0.2) is 36.4 Å². The lowest BCUT2D eigenvalue weighted by atomic mass is 10.1. The Morgan fingerprint density at radius 3 is 2.58 bits per heavy atom. The summed E-state index contributed by atoms with van der Waals surface area (Å²) in [5, 5.41) is 10.5. The number of nitrogens with one attached hydrogen (secondary N) is 1. The maximum Gasteiger partial charge on any atom is 0.415 e. The maximum absolute atomic E-state index is 11.8. The number of hydrogen-bond donors (Lipinski definition) is 1. The average molecular weight is 353 g/mol. The van der Waals surface area contributed by atoms with E-state index in [1.54, 1.807) is 7.11 Å². The monoisotopic (exact) mass is 353 g/mol. The fraction of sp³-hybridized carbons (Fsp3) is 0.211. The molecule has 0 aliphatic rings. The third-order valence-corrected chi connectivity index (χ3v) is 3.65. The number of aromatic nitrogens is 2. The van der Waals surface area contributed by atoms with Crippen molar-refractivity contribution in [2.75, 3.05) is 20.3 Å². The van der Waals surface area contributed by atoms with Gasteiger partial charge in [-0.1, -0.05) is 35.4 Å². The predicted molar refractivity (Wildman–Crippen MR) is 94.9 cm³/mol. The molecule has 134 valence electrons. The fourth-order valence-electron chi connectivity index (χ4n) is 2.28. The SMILES string of the molecule is COc1ccc(CCNC(=O)COc2nnc(-c3ccccc3)o2)cc1. The molecule has 3 rings (SSSR count). The molecule has 0 spiro atoms. The molecule has 0 saturated carbocycles. The molecule has 0 unspecified atom stereocenters. The van der Waals surface area contributed by atoms with Crippen LogP contribution < -0.4 is 14.8 Å². The van der Waals surface area contributed by atoms with E-state index in [2.05, 4.69) is 15.5 Å². The summed E-state index contributed by atoms with van der Waals surface area (Å²) in [4.78, 5) is 11.8. The molecule has 1 heterocycles. The van der Waals surface area contributed by atoms with Crippen LogP contribution in [0.15, 0.2) is 59.0 Å². The molecule has 0 aliphatic carbocycles. The van der Waals surface area contributed by atoms with Gasteiger partial charge in [-0.25, -0.2) is 0 Å². The Morgan fingerprint density at radius 1 is 1.08 bits per heavy atom. The third-order valence-electron chi connectivity index (χ3n) is 3.65. The molecule has 0 saturated heterocycles. The van der Waals surface area contributed by atoms with Gasteiger partial charge in [0, 0.05) is 12.1 Å². The van der Waals surface area contributed by atoms with Gasteiger partial charge in [-0.05, 0) is 36.2 Å². The molecule has 0 fully saturated rings. The molecule has 26 heavy (non-hydrogen) atoms. The summed E-state index contributed by atoms with van der Waals surface area (Å²) in [6.07, 6.45) is 0.684. The van der Waals surface area contributed by atoms with Crippen molar-refractivity contribution in [2.24, 2.45) is 0 Å². The van der Waals surface area contributed by atoms with Crippen LogP contribution in [0.4, 0.5) is 0 Å². The number of carbonyl (C=O) groups is 1. The Labute approximate surface area is 151 Å². The van der Waals surface area contributed by atoms with Gasteiger partial charge in [-0.3, -0.25) is 4.79 Å². The topological polar surface area (TPSA) is 86.5 Å². The minimum atomic E-state index is -0.252. The molecule has 2 aromatic carbocycles. The van der Waals surface area contributed by atoms with Crippen LogP contribution in [0.1, 0.15) is 5.56 Å². The summed E-state index contributed by atoms with van der Waals surface area (Å²) in [5.74, 6) is 0.902. The highest BCUT2D eigenvalue weighted by Crippen LogP contribution is 2.20. The lowest BCUT2D eigenvalue weighted by molar-refractivity contribution is -0.123. The molecule has 0 aliphatic heterocycles. The first kappa shape index (κ1) is 17.5. The summed E-state index contributed by atoms with van der Waals surface area (Å²) >= 11 is 0. The molecular weight excluding hydrogens is 334 g/mol. The van der Waals surface area contributed by atoms with E-state index in [1.807, 2.05) is 54.6 Å². The van der Waals surface area contributed by atoms with E-state index in [0.717, 1.165) is 16.9 Å². The van der Waals surface area contributed by atoms with E-state index in [1.165, 1.54) is 0 Å². The maximum atomic E-state index is 11.8. The number of amides is 1. The molecule has 1 N–H and O–H groups in total. The second-order valence-electron chi connectivity index (χ2n) is 5.48. The Hall–Kier alpha value is -3.35. The van der Waals surface area contributed by atoms with Gasteiger partial charge in [0.25, 0.3) is 11.8 Å². The molecule has 7 heteroatoms. The minimum Gasteiger partial charge on any atom is -0.497 e. The fourth-order valence-corrected chi connectivity index (χ4v) is 2.28. The summed E-state index contributed by atoms with van der Waals surface area (Å²) in [7, 11) is 1.63. The Bertz CT molecular complexity index is 832. The molecule has 0 atom stereocenters. The first-order valence-corrected chi connectivity index (χ1v) is 8.16. The quantitative estimate of drug-likeness (QED) is 0.669. The van der Waals surface area contributed by atoms with Crippen LogP contribution in [0.2, 0.25) is 0 Å². The number of rotatable bonds is 8. The van der Waals surface area contributed by atoms with E-state index in [4.69, 9.17) is 13.9 Å². The average Bonchev–Trinajstić information content (AvgIpc) is 3.17. The van der Waals surface area contributed by atoms with Gasteiger partial charge in [0.2, 0.25) is 0 Å². The van der Waals surface area contributed by atoms with Crippen LogP contribution in [0.25, 0.3) is 11.5 Å². The largest absolute Gasteiger partial charge is 0.497 e. The zero-order valence-electron chi connectivity index (χ0n) is 14.3. The smallest absolute Gasteiger partial charge is 0.415 e. The van der Waals surface area contributed by atoms with E-state index < -0.39 is 0 Å². The van der Waals surface area contributed by atoms with Crippen LogP contribution in [0.3, 0.4) is 0 Å². The summed E-state index contributed by atoms with van der Waals surface area (Å²) in [6.45, 7) is 0.326. The first-order valence-electron chi connectivity index (χ1n) is 8.16. The van der Waals surface area contributed by atoms with E-state index in [9.17, 15) is 4.79 Å². The zero-order valence-corrected chi connectivity index (χ0v) is 14.3. The van der Waals surface area contributed by atoms with Crippen LogP contribution in [-0.2, 0) is 11.2 Å². The normalized spacial score (nSPS) is 10.3. The van der Waals surface area contributed by atoms with Crippen molar-refractivity contribution in [2.45, 2.75) is 6.42 Å².